The number of esters is 1. The van der Waals surface area contributed by atoms with Gasteiger partial charge < -0.3 is 14.8 Å². The predicted molar refractivity (Wildman–Crippen MR) is 133 cm³/mol. The highest BCUT2D eigenvalue weighted by Gasteiger charge is 2.19. The summed E-state index contributed by atoms with van der Waals surface area (Å²) >= 11 is 7.68. The number of nitrogens with one attached hydrogen (secondary N) is 1. The second kappa shape index (κ2) is 10.1. The van der Waals surface area contributed by atoms with Crippen molar-refractivity contribution in [3.8, 4) is 5.69 Å². The molecule has 6 nitrogen and oxygen atoms in total. The Bertz CT molecular complexity index is 1300. The second-order valence-corrected chi connectivity index (χ2v) is 9.03. The number of aromatic nitrogens is 2. The predicted octanol–water partition coefficient (Wildman–Crippen LogP) is 5.55. The summed E-state index contributed by atoms with van der Waals surface area (Å²) in [6, 6.07) is 20.6. The Morgan fingerprint density at radius 3 is 2.64 bits per heavy atom. The number of hydrogen-bond donors (Lipinski definition) is 1. The largest absolute Gasteiger partial charge is 0.465 e. The fourth-order valence-corrected chi connectivity index (χ4v) is 4.68. The lowest BCUT2D eigenvalue weighted by atomic mass is 10.2. The number of para-hydroxylation sites is 2. The van der Waals surface area contributed by atoms with Crippen LogP contribution in [0.2, 0.25) is 5.02 Å². The highest BCUT2D eigenvalue weighted by Crippen LogP contribution is 2.31. The van der Waals surface area contributed by atoms with Gasteiger partial charge in [0.25, 0.3) is 0 Å². The van der Waals surface area contributed by atoms with Crippen molar-refractivity contribution in [1.29, 1.82) is 0 Å². The van der Waals surface area contributed by atoms with Gasteiger partial charge >= 0.3 is 5.97 Å². The summed E-state index contributed by atoms with van der Waals surface area (Å²) in [6.07, 6.45) is 0.907. The molecule has 0 amide bonds. The molecule has 1 atom stereocenters. The Morgan fingerprint density at radius 2 is 1.94 bits per heavy atom. The number of imidazole rings is 1. The van der Waals surface area contributed by atoms with Crippen molar-refractivity contribution in [2.45, 2.75) is 17.3 Å². The van der Waals surface area contributed by atoms with E-state index >= 15 is 0 Å². The first kappa shape index (κ1) is 22.9. The van der Waals surface area contributed by atoms with Crippen molar-refractivity contribution in [3.05, 3.63) is 82.9 Å². The Labute approximate surface area is 200 Å². The van der Waals surface area contributed by atoms with Crippen molar-refractivity contribution in [1.82, 2.24) is 9.55 Å². The van der Waals surface area contributed by atoms with E-state index in [4.69, 9.17) is 21.3 Å². The molecule has 1 heterocycles. The maximum atomic E-state index is 11.9. The minimum Gasteiger partial charge on any atom is -0.465 e. The number of carbonyl (C=O) groups is 2. The lowest BCUT2D eigenvalue weighted by Crippen LogP contribution is -2.19. The van der Waals surface area contributed by atoms with Gasteiger partial charge in [0.2, 0.25) is 0 Å². The zero-order valence-electron chi connectivity index (χ0n) is 18.1. The monoisotopic (exact) mass is 479 g/mol. The standard InChI is InChI=1S/C25H22ClN3O3S/c1-16-7-12-21(20(26)13-16)27-14-19(15-30)33-25-28-22-5-3-4-6-23(22)29(25)18-10-8-17(9-11-18)24(31)32-2/h3-13,15,19,27H,14H2,1-2H3. The van der Waals surface area contributed by atoms with Crippen molar-refractivity contribution in [2.24, 2.45) is 0 Å². The van der Waals surface area contributed by atoms with E-state index in [1.807, 2.05) is 66.1 Å². The van der Waals surface area contributed by atoms with Crippen LogP contribution in [0.15, 0.2) is 71.9 Å². The van der Waals surface area contributed by atoms with E-state index in [1.54, 1.807) is 12.1 Å². The molecular formula is C25H22ClN3O3S. The lowest BCUT2D eigenvalue weighted by Gasteiger charge is -2.15. The van der Waals surface area contributed by atoms with E-state index in [1.165, 1.54) is 18.9 Å². The number of rotatable bonds is 8. The molecule has 4 aromatic rings. The fraction of sp³-hybridized carbons (Fsp3) is 0.160. The van der Waals surface area contributed by atoms with Crippen LogP contribution in [0.5, 0.6) is 0 Å². The molecule has 0 bridgehead atoms. The topological polar surface area (TPSA) is 73.2 Å². The van der Waals surface area contributed by atoms with E-state index < -0.39 is 11.2 Å². The molecule has 0 aliphatic rings. The molecule has 168 valence electrons. The van der Waals surface area contributed by atoms with Gasteiger partial charge in [0.15, 0.2) is 5.16 Å². The summed E-state index contributed by atoms with van der Waals surface area (Å²) in [7, 11) is 1.35. The molecule has 0 saturated heterocycles. The van der Waals surface area contributed by atoms with Crippen LogP contribution in [0.25, 0.3) is 16.7 Å². The second-order valence-electron chi connectivity index (χ2n) is 7.41. The van der Waals surface area contributed by atoms with Crippen LogP contribution in [0, 0.1) is 6.92 Å². The Kier molecular flexibility index (Phi) is 7.01. The summed E-state index contributed by atoms with van der Waals surface area (Å²) < 4.78 is 6.77. The number of benzene rings is 3. The number of carbonyl (C=O) groups excluding carboxylic acids is 2. The molecule has 0 radical (unpaired) electrons. The zero-order valence-corrected chi connectivity index (χ0v) is 19.7. The zero-order chi connectivity index (χ0) is 23.4. The highest BCUT2D eigenvalue weighted by molar-refractivity contribution is 8.00. The summed E-state index contributed by atoms with van der Waals surface area (Å²) in [6.45, 7) is 2.36. The van der Waals surface area contributed by atoms with Crippen molar-refractivity contribution >= 4 is 52.3 Å². The molecule has 1 unspecified atom stereocenters. The van der Waals surface area contributed by atoms with Gasteiger partial charge in [-0.15, -0.1) is 0 Å². The van der Waals surface area contributed by atoms with Gasteiger partial charge in [-0.05, 0) is 61.0 Å². The minimum absolute atomic E-state index is 0.390. The van der Waals surface area contributed by atoms with Gasteiger partial charge in [0.05, 0.1) is 39.7 Å². The smallest absolute Gasteiger partial charge is 0.337 e. The molecule has 4 rings (SSSR count). The number of fused-ring (bicyclic) bond motifs is 1. The van der Waals surface area contributed by atoms with Gasteiger partial charge in [0.1, 0.15) is 6.29 Å². The maximum absolute atomic E-state index is 11.9. The number of methoxy groups -OCH3 is 1. The number of ether oxygens (including phenoxy) is 1. The first-order valence-corrected chi connectivity index (χ1v) is 11.5. The quantitative estimate of drug-likeness (QED) is 0.203. The number of aryl methyl sites for hydroxylation is 1. The third-order valence-electron chi connectivity index (χ3n) is 5.10. The van der Waals surface area contributed by atoms with Gasteiger partial charge in [-0.3, -0.25) is 4.57 Å². The third kappa shape index (κ3) is 5.05. The van der Waals surface area contributed by atoms with E-state index in [0.717, 1.165) is 34.3 Å². The van der Waals surface area contributed by atoms with Crippen molar-refractivity contribution < 1.29 is 14.3 Å². The first-order chi connectivity index (χ1) is 16.0. The van der Waals surface area contributed by atoms with Crippen LogP contribution in [0.3, 0.4) is 0 Å². The van der Waals surface area contributed by atoms with Gasteiger partial charge in [-0.2, -0.15) is 0 Å². The summed E-state index contributed by atoms with van der Waals surface area (Å²) in [5.74, 6) is -0.395. The van der Waals surface area contributed by atoms with E-state index in [0.29, 0.717) is 22.3 Å². The van der Waals surface area contributed by atoms with Crippen LogP contribution < -0.4 is 5.32 Å². The van der Waals surface area contributed by atoms with Crippen molar-refractivity contribution in [3.63, 3.8) is 0 Å². The molecule has 0 spiro atoms. The maximum Gasteiger partial charge on any atom is 0.337 e. The minimum atomic E-state index is -0.396. The number of thioether (sulfide) groups is 1. The Balaban J connectivity index is 1.63. The first-order valence-electron chi connectivity index (χ1n) is 10.3. The molecule has 33 heavy (non-hydrogen) atoms. The normalized spacial score (nSPS) is 11.8. The van der Waals surface area contributed by atoms with Crippen LogP contribution in [-0.4, -0.2) is 40.7 Å². The van der Waals surface area contributed by atoms with E-state index in [9.17, 15) is 9.59 Å². The van der Waals surface area contributed by atoms with Crippen LogP contribution in [-0.2, 0) is 9.53 Å². The summed E-state index contributed by atoms with van der Waals surface area (Å²) in [4.78, 5) is 28.5. The Hall–Kier alpha value is -3.29. The number of halogens is 1. The van der Waals surface area contributed by atoms with Crippen LogP contribution in [0.1, 0.15) is 15.9 Å². The average Bonchev–Trinajstić information content (AvgIpc) is 3.20. The Morgan fingerprint density at radius 1 is 1.18 bits per heavy atom. The van der Waals surface area contributed by atoms with E-state index in [2.05, 4.69) is 5.32 Å². The van der Waals surface area contributed by atoms with Gasteiger partial charge in [-0.25, -0.2) is 9.78 Å². The van der Waals surface area contributed by atoms with E-state index in [-0.39, 0.29) is 0 Å². The number of hydrogen-bond acceptors (Lipinski definition) is 6. The molecule has 1 N–H and O–H groups in total. The number of nitrogens with zero attached hydrogens (tertiary/aromatic N) is 2. The number of aldehydes is 1. The molecule has 1 aromatic heterocycles. The molecule has 0 aliphatic heterocycles. The molecule has 3 aromatic carbocycles. The fourth-order valence-electron chi connectivity index (χ4n) is 3.42. The van der Waals surface area contributed by atoms with Crippen LogP contribution in [0.4, 0.5) is 5.69 Å². The lowest BCUT2D eigenvalue weighted by molar-refractivity contribution is -0.107. The van der Waals surface area contributed by atoms with Crippen LogP contribution >= 0.6 is 23.4 Å². The van der Waals surface area contributed by atoms with Gasteiger partial charge in [0, 0.05) is 12.2 Å². The molecule has 8 heteroatoms. The highest BCUT2D eigenvalue weighted by atomic mass is 35.5. The third-order valence-corrected chi connectivity index (χ3v) is 6.48. The van der Waals surface area contributed by atoms with Gasteiger partial charge in [-0.1, -0.05) is 41.6 Å². The average molecular weight is 480 g/mol. The SMILES string of the molecule is COC(=O)c1ccc(-n2c(SC(C=O)CNc3ccc(C)cc3Cl)nc3ccccc32)cc1. The summed E-state index contributed by atoms with van der Waals surface area (Å²) in [5, 5.41) is 4.15. The summed E-state index contributed by atoms with van der Waals surface area (Å²) in [5.41, 5.74) is 4.87. The molecular weight excluding hydrogens is 458 g/mol. The number of anilines is 1. The molecule has 0 saturated carbocycles. The molecule has 0 fully saturated rings. The van der Waals surface area contributed by atoms with Crippen molar-refractivity contribution in [2.75, 3.05) is 19.0 Å². The molecule has 0 aliphatic carbocycles.